The monoisotopic (exact) mass is 640 g/mol. The number of aliphatic hydroxyl groups is 2. The maximum absolute atomic E-state index is 13.3. The zero-order chi connectivity index (χ0) is 32.0. The maximum Gasteiger partial charge on any atom is 0.237 e. The number of nitrogens with zero attached hydrogens (tertiary/aromatic N) is 1. The van der Waals surface area contributed by atoms with E-state index in [1.54, 1.807) is 0 Å². The van der Waals surface area contributed by atoms with Gasteiger partial charge in [0.2, 0.25) is 5.91 Å². The number of thioether (sulfide) groups is 1. The highest BCUT2D eigenvalue weighted by atomic mass is 32.2. The number of rotatable bonds is 20. The highest BCUT2D eigenvalue weighted by Crippen LogP contribution is 2.35. The minimum absolute atomic E-state index is 0.0504. The van der Waals surface area contributed by atoms with E-state index in [4.69, 9.17) is 18.9 Å². The van der Waals surface area contributed by atoms with E-state index in [1.807, 2.05) is 44.4 Å². The third-order valence-corrected chi connectivity index (χ3v) is 9.19. The van der Waals surface area contributed by atoms with Crippen LogP contribution in [-0.4, -0.2) is 117 Å². The van der Waals surface area contributed by atoms with E-state index in [9.17, 15) is 15.0 Å². The molecule has 5 N–H and O–H groups in total. The number of hydrogen-bond donors (Lipinski definition) is 5. The van der Waals surface area contributed by atoms with Gasteiger partial charge in [-0.1, -0.05) is 38.5 Å². The number of nitrogens with one attached hydrogen (secondary N) is 3. The molecule has 1 fully saturated rings. The molecule has 0 bridgehead atoms. The summed E-state index contributed by atoms with van der Waals surface area (Å²) in [6, 6.07) is -0.917. The van der Waals surface area contributed by atoms with Gasteiger partial charge in [0.15, 0.2) is 0 Å². The summed E-state index contributed by atoms with van der Waals surface area (Å²) >= 11 is 1.85. The molecule has 3 aliphatic rings. The molecule has 11 nitrogen and oxygen atoms in total. The molecular formula is C32H56N4O7S. The Morgan fingerprint density at radius 2 is 1.75 bits per heavy atom. The van der Waals surface area contributed by atoms with Gasteiger partial charge in [0.25, 0.3) is 0 Å². The zero-order valence-electron chi connectivity index (χ0n) is 27.4. The second-order valence-corrected chi connectivity index (χ2v) is 13.5. The molecule has 4 atom stereocenters. The van der Waals surface area contributed by atoms with Crippen LogP contribution in [0.2, 0.25) is 0 Å². The number of ether oxygens (including phenoxy) is 4. The molecular weight excluding hydrogens is 584 g/mol. The van der Waals surface area contributed by atoms with Crippen LogP contribution in [-0.2, 0) is 23.7 Å². The molecule has 12 heteroatoms. The first-order chi connectivity index (χ1) is 21.1. The van der Waals surface area contributed by atoms with Gasteiger partial charge in [0, 0.05) is 30.3 Å². The summed E-state index contributed by atoms with van der Waals surface area (Å²) in [5, 5.41) is 31.8. The van der Waals surface area contributed by atoms with Gasteiger partial charge in [-0.2, -0.15) is 0 Å². The summed E-state index contributed by atoms with van der Waals surface area (Å²) in [4.78, 5) is 16.5. The molecule has 1 saturated heterocycles. The second kappa shape index (κ2) is 19.2. The quantitative estimate of drug-likeness (QED) is 0.0993. The number of allylic oxidation sites excluding steroid dienone is 4. The first kappa shape index (κ1) is 37.0. The van der Waals surface area contributed by atoms with Gasteiger partial charge in [0.1, 0.15) is 12.5 Å². The topological polar surface area (TPSA) is 134 Å². The van der Waals surface area contributed by atoms with Crippen molar-refractivity contribution in [3.8, 4) is 0 Å². The summed E-state index contributed by atoms with van der Waals surface area (Å²) in [5.41, 5.74) is 3.41. The van der Waals surface area contributed by atoms with Gasteiger partial charge in [0.05, 0.1) is 64.2 Å². The predicted molar refractivity (Wildman–Crippen MR) is 174 cm³/mol. The van der Waals surface area contributed by atoms with Gasteiger partial charge in [-0.05, 0) is 50.5 Å². The van der Waals surface area contributed by atoms with E-state index in [-0.39, 0.29) is 12.5 Å². The Labute approximate surface area is 268 Å². The normalized spacial score (nSPS) is 21.6. The van der Waals surface area contributed by atoms with Crippen molar-refractivity contribution in [1.29, 1.82) is 0 Å². The zero-order valence-corrected chi connectivity index (χ0v) is 28.2. The summed E-state index contributed by atoms with van der Waals surface area (Å²) in [5.74, 6) is 0.859. The molecule has 2 aliphatic heterocycles. The van der Waals surface area contributed by atoms with Crippen molar-refractivity contribution in [2.75, 3.05) is 71.8 Å². The molecule has 1 aliphatic carbocycles. The van der Waals surface area contributed by atoms with Crippen molar-refractivity contribution < 1.29 is 34.0 Å². The predicted octanol–water partition coefficient (Wildman–Crippen LogP) is 2.47. The lowest BCUT2D eigenvalue weighted by Gasteiger charge is -2.41. The fraction of sp³-hybridized carbons (Fsp3) is 0.781. The number of aliphatic hydroxyl groups excluding tert-OH is 2. The maximum atomic E-state index is 13.3. The highest BCUT2D eigenvalue weighted by Gasteiger charge is 2.42. The Morgan fingerprint density at radius 3 is 2.34 bits per heavy atom. The van der Waals surface area contributed by atoms with Gasteiger partial charge in [-0.3, -0.25) is 15.0 Å². The van der Waals surface area contributed by atoms with E-state index >= 15 is 0 Å². The Kier molecular flexibility index (Phi) is 16.2. The van der Waals surface area contributed by atoms with Crippen LogP contribution in [0.15, 0.2) is 33.9 Å². The number of likely N-dealkylation sites (tertiary alicyclic amines) is 1. The Bertz CT molecular complexity index is 984. The first-order valence-electron chi connectivity index (χ1n) is 16.0. The smallest absolute Gasteiger partial charge is 0.237 e. The van der Waals surface area contributed by atoms with Crippen molar-refractivity contribution in [1.82, 2.24) is 20.9 Å². The molecule has 0 spiro atoms. The molecule has 0 aromatic carbocycles. The molecule has 0 radical (unpaired) electrons. The van der Waals surface area contributed by atoms with Gasteiger partial charge < -0.3 is 39.8 Å². The Balaban J connectivity index is 1.42. The lowest BCUT2D eigenvalue weighted by atomic mass is 9.84. The fourth-order valence-electron chi connectivity index (χ4n) is 5.59. The van der Waals surface area contributed by atoms with E-state index in [0.29, 0.717) is 65.8 Å². The molecule has 0 aromatic rings. The Morgan fingerprint density at radius 1 is 1.07 bits per heavy atom. The number of amides is 1. The summed E-state index contributed by atoms with van der Waals surface area (Å²) < 4.78 is 21.7. The van der Waals surface area contributed by atoms with Gasteiger partial charge in [-0.25, -0.2) is 0 Å². The van der Waals surface area contributed by atoms with Crippen LogP contribution in [0.5, 0.6) is 0 Å². The summed E-state index contributed by atoms with van der Waals surface area (Å²) in [6.45, 7) is 14.7. The average Bonchev–Trinajstić information content (AvgIpc) is 3.66. The lowest BCUT2D eigenvalue weighted by molar-refractivity contribution is -0.133. The third kappa shape index (κ3) is 12.0. The van der Waals surface area contributed by atoms with E-state index < -0.39 is 30.0 Å². The molecule has 3 rings (SSSR count). The number of carbonyl (C=O) groups excluding carboxylic acids is 1. The molecule has 1 amide bonds. The second-order valence-electron chi connectivity index (χ2n) is 12.5. The van der Waals surface area contributed by atoms with Crippen molar-refractivity contribution >= 4 is 17.7 Å². The highest BCUT2D eigenvalue weighted by molar-refractivity contribution is 8.03. The van der Waals surface area contributed by atoms with Gasteiger partial charge in [-0.15, -0.1) is 11.8 Å². The standard InChI is InChI=1S/C32H56N4O7S/c1-6-40-14-15-41-16-17-42-18-19-43-21-27(37)35-29(32(3,4)5)31(39)36-13-7-8-26(36)30(38)33-20-24-9-11-25(12-10-24)28-23(2)34-22-44-28/h9,11,26-27,29,31,34-35,37,39H,6-8,10,12-22H2,1-5H3,(H,33,38)/t26-,27?,29?,31?/m0/s1. The Hall–Kier alpha value is -1.48. The average molecular weight is 641 g/mol. The van der Waals surface area contributed by atoms with E-state index in [0.717, 1.165) is 25.1 Å². The van der Waals surface area contributed by atoms with Crippen molar-refractivity contribution in [2.24, 2.45) is 5.41 Å². The SMILES string of the molecule is CCOCCOCCOCCOCC(O)NC(C(O)N1CCC[C@H]1C(=O)NCC1=CC=C(C2=C(C)NCS2)CC1)C(C)(C)C. The molecule has 44 heavy (non-hydrogen) atoms. The molecule has 252 valence electrons. The molecule has 2 heterocycles. The van der Waals surface area contributed by atoms with Crippen LogP contribution >= 0.6 is 11.8 Å². The summed E-state index contributed by atoms with van der Waals surface area (Å²) in [6.07, 6.45) is 5.77. The molecule has 0 aromatic heterocycles. The van der Waals surface area contributed by atoms with Crippen LogP contribution in [0.3, 0.4) is 0 Å². The van der Waals surface area contributed by atoms with Crippen molar-refractivity contribution in [2.45, 2.75) is 84.8 Å². The minimum Gasteiger partial charge on any atom is -0.379 e. The van der Waals surface area contributed by atoms with Gasteiger partial charge >= 0.3 is 0 Å². The van der Waals surface area contributed by atoms with E-state index in [2.05, 4.69) is 35.0 Å². The van der Waals surface area contributed by atoms with Crippen LogP contribution in [0.1, 0.15) is 60.3 Å². The van der Waals surface area contributed by atoms with Crippen molar-refractivity contribution in [3.05, 3.63) is 33.9 Å². The van der Waals surface area contributed by atoms with Crippen LogP contribution < -0.4 is 16.0 Å². The van der Waals surface area contributed by atoms with E-state index in [1.165, 1.54) is 21.7 Å². The fourth-order valence-corrected chi connectivity index (χ4v) is 6.67. The number of hydrogen-bond acceptors (Lipinski definition) is 11. The molecule has 3 unspecified atom stereocenters. The number of carbonyl (C=O) groups is 1. The largest absolute Gasteiger partial charge is 0.379 e. The van der Waals surface area contributed by atoms with Crippen molar-refractivity contribution in [3.63, 3.8) is 0 Å². The molecule has 0 saturated carbocycles. The first-order valence-corrected chi connectivity index (χ1v) is 17.0. The third-order valence-electron chi connectivity index (χ3n) is 8.05. The van der Waals surface area contributed by atoms with Crippen LogP contribution in [0.25, 0.3) is 0 Å². The lowest BCUT2D eigenvalue weighted by Crippen LogP contribution is -2.61. The van der Waals surface area contributed by atoms with Crippen LogP contribution in [0, 0.1) is 5.41 Å². The van der Waals surface area contributed by atoms with Crippen LogP contribution in [0.4, 0.5) is 0 Å². The minimum atomic E-state index is -0.986. The summed E-state index contributed by atoms with van der Waals surface area (Å²) in [7, 11) is 0.